The number of nitrogens with one attached hydrogen (secondary N) is 1. The number of carboxylic acids is 1. The van der Waals surface area contributed by atoms with Gasteiger partial charge < -0.3 is 20.9 Å². The van der Waals surface area contributed by atoms with Crippen LogP contribution in [0.5, 0.6) is 0 Å². The van der Waals surface area contributed by atoms with Gasteiger partial charge in [-0.1, -0.05) is 0 Å². The van der Waals surface area contributed by atoms with Crippen LogP contribution in [0.1, 0.15) is 0 Å². The molecular weight excluding hydrogens is 378 g/mol. The standard InChI is InChI=1S/C15H17N5O6S/c16-11-13(23)20-12(15(24)25)9(6-27-14(11)20)5-18-2-1-10(17-7-21)19(18)3-4-26-8-22/h1-2,7-8,11,14H,3-6,16H2,(H,24,25)/p+1/t11-,14-/m1/s1. The summed E-state index contributed by atoms with van der Waals surface area (Å²) >= 11 is 1.41. The zero-order valence-corrected chi connectivity index (χ0v) is 14.9. The molecule has 2 amide bonds. The highest BCUT2D eigenvalue weighted by Crippen LogP contribution is 2.39. The molecule has 4 N–H and O–H groups in total. The lowest BCUT2D eigenvalue weighted by molar-refractivity contribution is -0.767. The summed E-state index contributed by atoms with van der Waals surface area (Å²) in [6.07, 6.45) is 2.18. The number of aliphatic carboxylic acids is 1. The van der Waals surface area contributed by atoms with Crippen molar-refractivity contribution in [3.05, 3.63) is 23.5 Å². The van der Waals surface area contributed by atoms with Crippen LogP contribution in [0, 0.1) is 0 Å². The first kappa shape index (κ1) is 18.9. The first-order valence-electron chi connectivity index (χ1n) is 7.99. The summed E-state index contributed by atoms with van der Waals surface area (Å²) in [5.41, 5.74) is 6.23. The van der Waals surface area contributed by atoms with E-state index in [9.17, 15) is 24.3 Å². The van der Waals surface area contributed by atoms with Gasteiger partial charge in [-0.05, 0) is 0 Å². The lowest BCUT2D eigenvalue weighted by Gasteiger charge is -2.47. The number of β-lactam (4-membered cyclic amide) rings is 1. The Kier molecular flexibility index (Phi) is 5.46. The quantitative estimate of drug-likeness (QED) is 0.190. The van der Waals surface area contributed by atoms with Crippen LogP contribution >= 0.6 is 11.8 Å². The van der Waals surface area contributed by atoms with E-state index in [0.717, 1.165) is 0 Å². The van der Waals surface area contributed by atoms with Gasteiger partial charge in [-0.3, -0.25) is 19.3 Å². The fourth-order valence-electron chi connectivity index (χ4n) is 3.12. The van der Waals surface area contributed by atoms with E-state index in [-0.39, 0.29) is 30.8 Å². The van der Waals surface area contributed by atoms with Crippen LogP contribution in [0.25, 0.3) is 0 Å². The summed E-state index contributed by atoms with van der Waals surface area (Å²) in [6, 6.07) is 0.950. The number of rotatable bonds is 9. The topological polar surface area (TPSA) is 148 Å². The van der Waals surface area contributed by atoms with E-state index < -0.39 is 17.9 Å². The number of thioether (sulfide) groups is 1. The fraction of sp³-hybridized carbons (Fsp3) is 0.400. The molecule has 12 heteroatoms. The number of carbonyl (C=O) groups excluding carboxylic acids is 3. The molecular formula is C15H18N5O6S+. The normalized spacial score (nSPS) is 21.4. The minimum atomic E-state index is -1.19. The van der Waals surface area contributed by atoms with E-state index in [2.05, 4.69) is 5.32 Å². The summed E-state index contributed by atoms with van der Waals surface area (Å²) in [5, 5.41) is 11.8. The molecule has 1 aromatic rings. The molecule has 0 bridgehead atoms. The summed E-state index contributed by atoms with van der Waals surface area (Å²) in [4.78, 5) is 46.2. The molecule has 0 unspecified atom stereocenters. The van der Waals surface area contributed by atoms with E-state index in [4.69, 9.17) is 10.5 Å². The third-order valence-electron chi connectivity index (χ3n) is 4.33. The average molecular weight is 396 g/mol. The Labute approximate surface area is 157 Å². The van der Waals surface area contributed by atoms with E-state index in [1.807, 2.05) is 0 Å². The number of ether oxygens (including phenoxy) is 1. The lowest BCUT2D eigenvalue weighted by Crippen LogP contribution is -2.68. The maximum absolute atomic E-state index is 12.0. The molecule has 1 fully saturated rings. The average Bonchev–Trinajstić information content (AvgIpc) is 3.02. The number of nitrogens with two attached hydrogens (primary N) is 1. The van der Waals surface area contributed by atoms with E-state index in [0.29, 0.717) is 30.0 Å². The van der Waals surface area contributed by atoms with Crippen molar-refractivity contribution in [1.29, 1.82) is 0 Å². The van der Waals surface area contributed by atoms with Crippen molar-refractivity contribution in [2.24, 2.45) is 5.73 Å². The molecule has 1 saturated heterocycles. The Morgan fingerprint density at radius 1 is 1.52 bits per heavy atom. The predicted octanol–water partition coefficient (Wildman–Crippen LogP) is -1.90. The SMILES string of the molecule is N[C@@H]1C(=O)N2C(C(=O)O)=C(C[n+]3ccc(NC=O)n3CCOC=O)CS[C@H]12. The van der Waals surface area contributed by atoms with Gasteiger partial charge in [-0.25, -0.2) is 4.79 Å². The molecule has 0 saturated carbocycles. The molecule has 2 atom stereocenters. The molecule has 27 heavy (non-hydrogen) atoms. The zero-order chi connectivity index (χ0) is 19.6. The largest absolute Gasteiger partial charge is 0.477 e. The third-order valence-corrected chi connectivity index (χ3v) is 5.69. The molecule has 3 rings (SSSR count). The van der Waals surface area contributed by atoms with Crippen LogP contribution in [0.15, 0.2) is 23.5 Å². The Hall–Kier alpha value is -2.86. The van der Waals surface area contributed by atoms with Crippen LogP contribution in [-0.2, 0) is 37.0 Å². The lowest BCUT2D eigenvalue weighted by atomic mass is 10.0. The summed E-state index contributed by atoms with van der Waals surface area (Å²) in [6.45, 7) is 0.831. The molecule has 0 radical (unpaired) electrons. The van der Waals surface area contributed by atoms with Crippen LogP contribution in [-0.4, -0.2) is 63.2 Å². The number of hydrogen-bond donors (Lipinski definition) is 3. The number of fused-ring (bicyclic) bond motifs is 1. The number of carboxylic acid groups (broad SMARTS) is 1. The number of anilines is 1. The van der Waals surface area contributed by atoms with E-state index >= 15 is 0 Å². The van der Waals surface area contributed by atoms with Gasteiger partial charge in [-0.15, -0.1) is 21.1 Å². The maximum Gasteiger partial charge on any atom is 0.352 e. The molecule has 2 aliphatic rings. The number of carbonyl (C=O) groups is 4. The van der Waals surface area contributed by atoms with Crippen LogP contribution in [0.2, 0.25) is 0 Å². The third kappa shape index (κ3) is 3.40. The Morgan fingerprint density at radius 2 is 2.30 bits per heavy atom. The summed E-state index contributed by atoms with van der Waals surface area (Å²) in [5.74, 6) is -0.737. The first-order valence-corrected chi connectivity index (χ1v) is 9.04. The van der Waals surface area contributed by atoms with Gasteiger partial charge in [0, 0.05) is 11.3 Å². The van der Waals surface area contributed by atoms with Gasteiger partial charge in [0.05, 0.1) is 6.07 Å². The molecule has 0 aromatic carbocycles. The number of nitrogens with zero attached hydrogens (tertiary/aromatic N) is 3. The Balaban J connectivity index is 1.90. The molecule has 11 nitrogen and oxygen atoms in total. The second-order valence-electron chi connectivity index (χ2n) is 5.84. The van der Waals surface area contributed by atoms with Crippen molar-refractivity contribution < 1.29 is 33.7 Å². The van der Waals surface area contributed by atoms with Crippen molar-refractivity contribution >= 4 is 42.3 Å². The van der Waals surface area contributed by atoms with E-state index in [1.54, 1.807) is 21.6 Å². The summed E-state index contributed by atoms with van der Waals surface area (Å²) in [7, 11) is 0. The van der Waals surface area contributed by atoms with E-state index in [1.165, 1.54) is 16.7 Å². The second-order valence-corrected chi connectivity index (χ2v) is 6.95. The molecule has 0 spiro atoms. The number of amides is 2. The van der Waals surface area contributed by atoms with Crippen molar-refractivity contribution in [3.8, 4) is 0 Å². The minimum absolute atomic E-state index is 0.0558. The van der Waals surface area contributed by atoms with Crippen molar-refractivity contribution in [2.75, 3.05) is 17.7 Å². The van der Waals surface area contributed by atoms with Gasteiger partial charge in [0.15, 0.2) is 18.6 Å². The Morgan fingerprint density at radius 3 is 2.96 bits per heavy atom. The van der Waals surface area contributed by atoms with Crippen LogP contribution in [0.4, 0.5) is 5.82 Å². The van der Waals surface area contributed by atoms with Crippen LogP contribution in [0.3, 0.4) is 0 Å². The Bertz CT molecular complexity index is 822. The van der Waals surface area contributed by atoms with Crippen molar-refractivity contribution in [2.45, 2.75) is 24.5 Å². The minimum Gasteiger partial charge on any atom is -0.477 e. The highest BCUT2D eigenvalue weighted by Gasteiger charge is 2.52. The summed E-state index contributed by atoms with van der Waals surface area (Å²) < 4.78 is 8.03. The second kappa shape index (κ2) is 7.80. The van der Waals surface area contributed by atoms with Gasteiger partial charge in [0.2, 0.25) is 12.3 Å². The number of hydrogen-bond acceptors (Lipinski definition) is 7. The van der Waals surface area contributed by atoms with Crippen molar-refractivity contribution in [3.63, 3.8) is 0 Å². The fourth-order valence-corrected chi connectivity index (χ4v) is 4.40. The molecule has 0 aliphatic carbocycles. The highest BCUT2D eigenvalue weighted by atomic mass is 32.2. The molecule has 2 aliphatic heterocycles. The zero-order valence-electron chi connectivity index (χ0n) is 14.1. The first-order chi connectivity index (χ1) is 13.0. The predicted molar refractivity (Wildman–Crippen MR) is 92.1 cm³/mol. The highest BCUT2D eigenvalue weighted by molar-refractivity contribution is 8.00. The van der Waals surface area contributed by atoms with Crippen LogP contribution < -0.4 is 15.7 Å². The van der Waals surface area contributed by atoms with Gasteiger partial charge >= 0.3 is 5.97 Å². The monoisotopic (exact) mass is 396 g/mol. The van der Waals surface area contributed by atoms with Gasteiger partial charge in [0.25, 0.3) is 6.47 Å². The number of aromatic nitrogens is 2. The van der Waals surface area contributed by atoms with Crippen molar-refractivity contribution in [1.82, 2.24) is 9.58 Å². The molecule has 144 valence electrons. The molecule has 3 heterocycles. The molecule has 1 aromatic heterocycles. The smallest absolute Gasteiger partial charge is 0.352 e. The maximum atomic E-state index is 12.0. The van der Waals surface area contributed by atoms with Gasteiger partial charge in [-0.2, -0.15) is 0 Å². The van der Waals surface area contributed by atoms with Gasteiger partial charge in [0.1, 0.15) is 30.3 Å².